The molecule has 0 atom stereocenters. The van der Waals surface area contributed by atoms with Crippen molar-refractivity contribution >= 4 is 0 Å². The summed E-state index contributed by atoms with van der Waals surface area (Å²) in [7, 11) is 0. The van der Waals surface area contributed by atoms with E-state index >= 15 is 0 Å². The Labute approximate surface area is 60.9 Å². The quantitative estimate of drug-likeness (QED) is 0.506. The van der Waals surface area contributed by atoms with Crippen LogP contribution >= 0.6 is 0 Å². The van der Waals surface area contributed by atoms with Crippen LogP contribution in [0.1, 0.15) is 32.1 Å². The maximum absolute atomic E-state index is 11.5. The summed E-state index contributed by atoms with van der Waals surface area (Å²) in [5.74, 6) is 0. The molecule has 0 unspecified atom stereocenters. The number of rotatable bonds is 6. The van der Waals surface area contributed by atoms with E-state index in [1.807, 2.05) is 0 Å². The minimum absolute atomic E-state index is 0.223. The predicted molar refractivity (Wildman–Crippen MR) is 39.3 cm³/mol. The molecule has 2 heteroatoms. The highest BCUT2D eigenvalue weighted by Crippen LogP contribution is 2.03. The Morgan fingerprint density at radius 1 is 1.00 bits per heavy atom. The molecule has 0 spiro atoms. The summed E-state index contributed by atoms with van der Waals surface area (Å²) >= 11 is 0. The van der Waals surface area contributed by atoms with E-state index in [0.29, 0.717) is 12.8 Å². The first-order valence-electron chi connectivity index (χ1n) is 3.73. The van der Waals surface area contributed by atoms with E-state index in [1.165, 1.54) is 6.08 Å². The maximum atomic E-state index is 11.5. The van der Waals surface area contributed by atoms with Crippen LogP contribution in [0.5, 0.6) is 0 Å². The topological polar surface area (TPSA) is 0 Å². The Kier molecular flexibility index (Phi) is 8.26. The second kappa shape index (κ2) is 8.60. The number of hydrogen-bond donors (Lipinski definition) is 0. The van der Waals surface area contributed by atoms with E-state index in [1.54, 1.807) is 0 Å². The number of hydrogen-bond acceptors (Lipinski definition) is 0. The molecule has 0 rings (SSSR count). The molecule has 0 N–H and O–H groups in total. The van der Waals surface area contributed by atoms with Gasteiger partial charge in [0.05, 0.1) is 13.0 Å². The SMILES string of the molecule is FC=CCCCCCCF. The fourth-order valence-electron chi connectivity index (χ4n) is 0.773. The molecule has 0 aliphatic heterocycles. The highest BCUT2D eigenvalue weighted by molar-refractivity contribution is 4.71. The zero-order chi connectivity index (χ0) is 7.66. The predicted octanol–water partition coefficient (Wildman–Crippen LogP) is 3.39. The molecule has 0 heterocycles. The van der Waals surface area contributed by atoms with Gasteiger partial charge in [0.25, 0.3) is 0 Å². The van der Waals surface area contributed by atoms with E-state index in [4.69, 9.17) is 0 Å². The Morgan fingerprint density at radius 2 is 1.70 bits per heavy atom. The Balaban J connectivity index is 2.77. The maximum Gasteiger partial charge on any atom is 0.0894 e. The standard InChI is InChI=1S/C8H14F2/c9-7-5-3-1-2-4-6-8-10/h5,7H,1-4,6,8H2. The summed E-state index contributed by atoms with van der Waals surface area (Å²) in [5.41, 5.74) is 0. The molecule has 0 saturated heterocycles. The summed E-state index contributed by atoms with van der Waals surface area (Å²) < 4.78 is 22.8. The summed E-state index contributed by atoms with van der Waals surface area (Å²) in [6.07, 6.45) is 6.40. The molecule has 0 fully saturated rings. The van der Waals surface area contributed by atoms with Crippen molar-refractivity contribution in [3.63, 3.8) is 0 Å². The molecule has 60 valence electrons. The van der Waals surface area contributed by atoms with Crippen molar-refractivity contribution in [3.8, 4) is 0 Å². The van der Waals surface area contributed by atoms with Gasteiger partial charge in [-0.3, -0.25) is 4.39 Å². The first-order chi connectivity index (χ1) is 4.91. The molecule has 0 amide bonds. The van der Waals surface area contributed by atoms with Crippen molar-refractivity contribution in [2.24, 2.45) is 0 Å². The van der Waals surface area contributed by atoms with Crippen molar-refractivity contribution in [3.05, 3.63) is 12.4 Å². The van der Waals surface area contributed by atoms with Crippen molar-refractivity contribution in [1.82, 2.24) is 0 Å². The monoisotopic (exact) mass is 148 g/mol. The van der Waals surface area contributed by atoms with Crippen molar-refractivity contribution in [1.29, 1.82) is 0 Å². The highest BCUT2D eigenvalue weighted by Gasteiger charge is 1.86. The fourth-order valence-corrected chi connectivity index (χ4v) is 0.773. The van der Waals surface area contributed by atoms with Gasteiger partial charge in [0.1, 0.15) is 0 Å². The first kappa shape index (κ1) is 9.60. The van der Waals surface area contributed by atoms with Crippen LogP contribution in [0.4, 0.5) is 8.78 Å². The summed E-state index contributed by atoms with van der Waals surface area (Å²) in [6, 6.07) is 0. The van der Waals surface area contributed by atoms with Crippen LogP contribution < -0.4 is 0 Å². The average molecular weight is 148 g/mol. The van der Waals surface area contributed by atoms with Crippen LogP contribution in [-0.4, -0.2) is 6.67 Å². The molecule has 0 aromatic rings. The molecule has 0 radical (unpaired) electrons. The van der Waals surface area contributed by atoms with E-state index < -0.39 is 0 Å². The zero-order valence-corrected chi connectivity index (χ0v) is 6.15. The first-order valence-corrected chi connectivity index (χ1v) is 3.73. The second-order valence-corrected chi connectivity index (χ2v) is 2.25. The summed E-state index contributed by atoms with van der Waals surface area (Å²) in [4.78, 5) is 0. The normalized spacial score (nSPS) is 11.0. The van der Waals surface area contributed by atoms with Crippen LogP contribution in [0.25, 0.3) is 0 Å². The molecule has 0 saturated carbocycles. The van der Waals surface area contributed by atoms with Gasteiger partial charge in [-0.25, -0.2) is 4.39 Å². The minimum atomic E-state index is -0.223. The number of unbranched alkanes of at least 4 members (excludes halogenated alkanes) is 4. The van der Waals surface area contributed by atoms with Gasteiger partial charge in [-0.15, -0.1) is 0 Å². The molecular formula is C8H14F2. The Hall–Kier alpha value is -0.400. The van der Waals surface area contributed by atoms with Crippen molar-refractivity contribution in [2.45, 2.75) is 32.1 Å². The Morgan fingerprint density at radius 3 is 2.30 bits per heavy atom. The lowest BCUT2D eigenvalue weighted by molar-refractivity contribution is 0.453. The molecule has 10 heavy (non-hydrogen) atoms. The molecule has 0 aromatic heterocycles. The third kappa shape index (κ3) is 7.60. The number of halogens is 2. The van der Waals surface area contributed by atoms with Gasteiger partial charge in [-0.2, -0.15) is 0 Å². The number of alkyl halides is 1. The van der Waals surface area contributed by atoms with Crippen LogP contribution in [0.15, 0.2) is 12.4 Å². The van der Waals surface area contributed by atoms with Crippen LogP contribution in [0.3, 0.4) is 0 Å². The van der Waals surface area contributed by atoms with E-state index in [9.17, 15) is 8.78 Å². The third-order valence-corrected chi connectivity index (χ3v) is 1.34. The molecule has 0 bridgehead atoms. The van der Waals surface area contributed by atoms with E-state index in [0.717, 1.165) is 25.7 Å². The van der Waals surface area contributed by atoms with E-state index in [-0.39, 0.29) is 6.67 Å². The van der Waals surface area contributed by atoms with Gasteiger partial charge in [-0.1, -0.05) is 18.9 Å². The lowest BCUT2D eigenvalue weighted by atomic mass is 10.1. The van der Waals surface area contributed by atoms with Crippen LogP contribution in [0.2, 0.25) is 0 Å². The summed E-state index contributed by atoms with van der Waals surface area (Å²) in [6.45, 7) is -0.223. The lowest BCUT2D eigenvalue weighted by Crippen LogP contribution is -1.78. The molecule has 0 aliphatic carbocycles. The zero-order valence-electron chi connectivity index (χ0n) is 6.15. The van der Waals surface area contributed by atoms with Gasteiger partial charge in [0.2, 0.25) is 0 Å². The molecule has 0 nitrogen and oxygen atoms in total. The van der Waals surface area contributed by atoms with Crippen molar-refractivity contribution < 1.29 is 8.78 Å². The molecule has 0 aliphatic rings. The smallest absolute Gasteiger partial charge is 0.0894 e. The van der Waals surface area contributed by atoms with Gasteiger partial charge >= 0.3 is 0 Å². The van der Waals surface area contributed by atoms with Gasteiger partial charge in [0.15, 0.2) is 0 Å². The van der Waals surface area contributed by atoms with E-state index in [2.05, 4.69) is 0 Å². The highest BCUT2D eigenvalue weighted by atomic mass is 19.1. The van der Waals surface area contributed by atoms with Gasteiger partial charge in [-0.05, 0) is 19.3 Å². The van der Waals surface area contributed by atoms with Crippen molar-refractivity contribution in [2.75, 3.05) is 6.67 Å². The van der Waals surface area contributed by atoms with Crippen LogP contribution in [-0.2, 0) is 0 Å². The molecule has 0 aromatic carbocycles. The molecular weight excluding hydrogens is 134 g/mol. The minimum Gasteiger partial charge on any atom is -0.251 e. The summed E-state index contributed by atoms with van der Waals surface area (Å²) in [5, 5.41) is 0. The Bertz CT molecular complexity index is 79.3. The second-order valence-electron chi connectivity index (χ2n) is 2.25. The van der Waals surface area contributed by atoms with Gasteiger partial charge in [0, 0.05) is 0 Å². The fraction of sp³-hybridized carbons (Fsp3) is 0.750. The van der Waals surface area contributed by atoms with Gasteiger partial charge < -0.3 is 0 Å². The lowest BCUT2D eigenvalue weighted by Gasteiger charge is -1.93. The van der Waals surface area contributed by atoms with Crippen LogP contribution in [0, 0.1) is 0 Å². The largest absolute Gasteiger partial charge is 0.251 e. The number of allylic oxidation sites excluding steroid dienone is 1. The third-order valence-electron chi connectivity index (χ3n) is 1.34. The average Bonchev–Trinajstić information content (AvgIpc) is 1.97.